The van der Waals surface area contributed by atoms with E-state index in [9.17, 15) is 9.59 Å². The fourth-order valence-corrected chi connectivity index (χ4v) is 4.67. The molecule has 6 heteroatoms. The molecule has 2 unspecified atom stereocenters. The fourth-order valence-electron chi connectivity index (χ4n) is 3.71. The van der Waals surface area contributed by atoms with Gasteiger partial charge in [0.2, 0.25) is 11.8 Å². The van der Waals surface area contributed by atoms with Gasteiger partial charge in [-0.2, -0.15) is 0 Å². The minimum absolute atomic E-state index is 0.0319. The number of benzene rings is 3. The molecule has 0 aliphatic heterocycles. The van der Waals surface area contributed by atoms with E-state index in [1.54, 1.807) is 16.7 Å². The average molecular weight is 509 g/mol. The third kappa shape index (κ3) is 8.75. The van der Waals surface area contributed by atoms with Crippen molar-refractivity contribution >= 4 is 35.2 Å². The number of hydrogen-bond donors (Lipinski definition) is 1. The molecule has 0 bridgehead atoms. The van der Waals surface area contributed by atoms with Gasteiger partial charge in [0.15, 0.2) is 0 Å². The van der Waals surface area contributed by atoms with Gasteiger partial charge in [-0.3, -0.25) is 9.59 Å². The van der Waals surface area contributed by atoms with E-state index in [-0.39, 0.29) is 17.9 Å². The Morgan fingerprint density at radius 3 is 2.11 bits per heavy atom. The average Bonchev–Trinajstić information content (AvgIpc) is 2.88. The van der Waals surface area contributed by atoms with Crippen molar-refractivity contribution in [1.29, 1.82) is 0 Å². The lowest BCUT2D eigenvalue weighted by atomic mass is 10.0. The molecule has 3 aromatic carbocycles. The van der Waals surface area contributed by atoms with Crippen LogP contribution in [0.3, 0.4) is 0 Å². The van der Waals surface area contributed by atoms with E-state index in [0.717, 1.165) is 22.4 Å². The zero-order chi connectivity index (χ0) is 25.0. The van der Waals surface area contributed by atoms with E-state index in [2.05, 4.69) is 5.32 Å². The van der Waals surface area contributed by atoms with Crippen LogP contribution in [0.2, 0.25) is 5.02 Å². The van der Waals surface area contributed by atoms with Crippen LogP contribution in [0.4, 0.5) is 0 Å². The topological polar surface area (TPSA) is 49.4 Å². The van der Waals surface area contributed by atoms with Crippen LogP contribution in [-0.2, 0) is 22.6 Å². The van der Waals surface area contributed by atoms with Gasteiger partial charge in [-0.15, -0.1) is 11.8 Å². The van der Waals surface area contributed by atoms with Gasteiger partial charge >= 0.3 is 0 Å². The summed E-state index contributed by atoms with van der Waals surface area (Å²) in [5.74, 6) is 0.477. The number of carbonyl (C=O) groups is 2. The number of amides is 2. The summed E-state index contributed by atoms with van der Waals surface area (Å²) in [6, 6.07) is 26.8. The molecular formula is C29H33ClN2O2S. The third-order valence-electron chi connectivity index (χ3n) is 5.87. The molecule has 4 nitrogen and oxygen atoms in total. The molecule has 0 aromatic heterocycles. The minimum Gasteiger partial charge on any atom is -0.352 e. The summed E-state index contributed by atoms with van der Waals surface area (Å²) < 4.78 is 0. The molecule has 1 N–H and O–H groups in total. The molecule has 0 aliphatic rings. The molecule has 0 saturated carbocycles. The molecule has 0 heterocycles. The Balaban J connectivity index is 1.82. The molecule has 3 aromatic rings. The fraction of sp³-hybridized carbons (Fsp3) is 0.310. The second kappa shape index (κ2) is 14.0. The van der Waals surface area contributed by atoms with Crippen LogP contribution in [0.15, 0.2) is 89.8 Å². The van der Waals surface area contributed by atoms with Crippen LogP contribution in [0.25, 0.3) is 0 Å². The van der Waals surface area contributed by atoms with E-state index >= 15 is 0 Å². The van der Waals surface area contributed by atoms with E-state index in [0.29, 0.717) is 30.2 Å². The second-order valence-electron chi connectivity index (χ2n) is 8.58. The molecule has 3 rings (SSSR count). The molecule has 35 heavy (non-hydrogen) atoms. The highest BCUT2D eigenvalue weighted by Gasteiger charge is 2.30. The highest BCUT2D eigenvalue weighted by atomic mass is 35.5. The zero-order valence-corrected chi connectivity index (χ0v) is 21.9. The van der Waals surface area contributed by atoms with Crippen LogP contribution in [0.5, 0.6) is 0 Å². The summed E-state index contributed by atoms with van der Waals surface area (Å²) in [6.45, 7) is 4.42. The summed E-state index contributed by atoms with van der Waals surface area (Å²) in [4.78, 5) is 29.9. The van der Waals surface area contributed by atoms with E-state index in [4.69, 9.17) is 11.6 Å². The first-order valence-electron chi connectivity index (χ1n) is 12.0. The van der Waals surface area contributed by atoms with Gasteiger partial charge < -0.3 is 10.2 Å². The lowest BCUT2D eigenvalue weighted by Crippen LogP contribution is -2.52. The quantitative estimate of drug-likeness (QED) is 0.289. The van der Waals surface area contributed by atoms with Crippen LogP contribution < -0.4 is 5.32 Å². The molecule has 184 valence electrons. The van der Waals surface area contributed by atoms with Crippen LogP contribution in [0.1, 0.15) is 37.8 Å². The highest BCUT2D eigenvalue weighted by Crippen LogP contribution is 2.22. The largest absolute Gasteiger partial charge is 0.352 e. The standard InChI is InChI=1S/C29H33ClN2O2S/c1-3-22(2)31-29(34)27(20-23-10-6-4-7-11-23)32(21-24-12-8-5-9-13-24)28(33)18-19-35-26-16-14-25(30)15-17-26/h4-17,22,27H,3,18-21H2,1-2H3,(H,31,34). The Morgan fingerprint density at radius 1 is 0.914 bits per heavy atom. The Bertz CT molecular complexity index is 1060. The van der Waals surface area contributed by atoms with Crippen molar-refractivity contribution in [2.24, 2.45) is 0 Å². The Morgan fingerprint density at radius 2 is 1.51 bits per heavy atom. The van der Waals surface area contributed by atoms with Gasteiger partial charge in [0.1, 0.15) is 6.04 Å². The number of thioether (sulfide) groups is 1. The molecule has 2 amide bonds. The number of hydrogen-bond acceptors (Lipinski definition) is 3. The number of carbonyl (C=O) groups excluding carboxylic acids is 2. The molecule has 0 radical (unpaired) electrons. The number of rotatable bonds is 12. The predicted octanol–water partition coefficient (Wildman–Crippen LogP) is 6.38. The van der Waals surface area contributed by atoms with Gasteiger partial charge in [-0.25, -0.2) is 0 Å². The lowest BCUT2D eigenvalue weighted by Gasteiger charge is -2.32. The Kier molecular flexibility index (Phi) is 10.7. The molecule has 2 atom stereocenters. The van der Waals surface area contributed by atoms with Crippen molar-refractivity contribution in [3.63, 3.8) is 0 Å². The molecule has 0 spiro atoms. The summed E-state index contributed by atoms with van der Waals surface area (Å²) in [7, 11) is 0. The monoisotopic (exact) mass is 508 g/mol. The van der Waals surface area contributed by atoms with Gasteiger partial charge in [-0.05, 0) is 48.7 Å². The summed E-state index contributed by atoms with van der Waals surface area (Å²) in [5.41, 5.74) is 2.03. The maximum absolute atomic E-state index is 13.6. The summed E-state index contributed by atoms with van der Waals surface area (Å²) in [6.07, 6.45) is 1.63. The maximum atomic E-state index is 13.6. The number of halogens is 1. The maximum Gasteiger partial charge on any atom is 0.243 e. The van der Waals surface area contributed by atoms with Crippen molar-refractivity contribution < 1.29 is 9.59 Å². The molecule has 0 aliphatic carbocycles. The van der Waals surface area contributed by atoms with Crippen molar-refractivity contribution in [3.8, 4) is 0 Å². The summed E-state index contributed by atoms with van der Waals surface area (Å²) in [5, 5.41) is 3.80. The van der Waals surface area contributed by atoms with Crippen LogP contribution in [0, 0.1) is 0 Å². The van der Waals surface area contributed by atoms with Crippen molar-refractivity contribution in [3.05, 3.63) is 101 Å². The number of nitrogens with zero attached hydrogens (tertiary/aromatic N) is 1. The van der Waals surface area contributed by atoms with Crippen molar-refractivity contribution in [2.45, 2.75) is 56.6 Å². The van der Waals surface area contributed by atoms with Crippen LogP contribution in [-0.4, -0.2) is 34.6 Å². The SMILES string of the molecule is CCC(C)NC(=O)C(Cc1ccccc1)N(Cc1ccccc1)C(=O)CCSc1ccc(Cl)cc1. The van der Waals surface area contributed by atoms with Gasteiger partial charge in [0.05, 0.1) is 0 Å². The lowest BCUT2D eigenvalue weighted by molar-refractivity contribution is -0.141. The predicted molar refractivity (Wildman–Crippen MR) is 146 cm³/mol. The molecule has 0 fully saturated rings. The van der Waals surface area contributed by atoms with E-state index < -0.39 is 6.04 Å². The van der Waals surface area contributed by atoms with Crippen LogP contribution >= 0.6 is 23.4 Å². The Labute approximate surface area is 218 Å². The van der Waals surface area contributed by atoms with Crippen molar-refractivity contribution in [1.82, 2.24) is 10.2 Å². The zero-order valence-electron chi connectivity index (χ0n) is 20.3. The van der Waals surface area contributed by atoms with E-state index in [1.807, 2.05) is 98.8 Å². The second-order valence-corrected chi connectivity index (χ2v) is 10.2. The van der Waals surface area contributed by atoms with E-state index in [1.165, 1.54) is 0 Å². The smallest absolute Gasteiger partial charge is 0.243 e. The van der Waals surface area contributed by atoms with Gasteiger partial charge in [0, 0.05) is 41.1 Å². The first-order valence-corrected chi connectivity index (χ1v) is 13.4. The summed E-state index contributed by atoms with van der Waals surface area (Å²) >= 11 is 7.60. The highest BCUT2D eigenvalue weighted by molar-refractivity contribution is 7.99. The first kappa shape index (κ1) is 26.8. The van der Waals surface area contributed by atoms with Gasteiger partial charge in [-0.1, -0.05) is 79.2 Å². The minimum atomic E-state index is -0.598. The van der Waals surface area contributed by atoms with Crippen molar-refractivity contribution in [2.75, 3.05) is 5.75 Å². The molecule has 0 saturated heterocycles. The van der Waals surface area contributed by atoms with Gasteiger partial charge in [0.25, 0.3) is 0 Å². The Hall–Kier alpha value is -2.76. The normalized spacial score (nSPS) is 12.5. The molecular weight excluding hydrogens is 476 g/mol. The first-order chi connectivity index (χ1) is 17.0. The third-order valence-corrected chi connectivity index (χ3v) is 7.13. The number of nitrogens with one attached hydrogen (secondary N) is 1.